The molecule has 0 bridgehead atoms. The summed E-state index contributed by atoms with van der Waals surface area (Å²) in [7, 11) is 0. The third-order valence-electron chi connectivity index (χ3n) is 3.71. The number of para-hydroxylation sites is 1. The van der Waals surface area contributed by atoms with Crippen LogP contribution in [-0.2, 0) is 4.74 Å². The third kappa shape index (κ3) is 3.03. The van der Waals surface area contributed by atoms with E-state index in [0.29, 0.717) is 12.2 Å². The van der Waals surface area contributed by atoms with Crippen molar-refractivity contribution in [2.75, 3.05) is 26.2 Å². The number of nitrogens with zero attached hydrogens (tertiary/aromatic N) is 1. The molecule has 2 aliphatic heterocycles. The molecule has 0 amide bonds. The Kier molecular flexibility index (Phi) is 3.81. The van der Waals surface area contributed by atoms with E-state index in [1.807, 2.05) is 30.3 Å². The average molecular weight is 247 g/mol. The highest BCUT2D eigenvalue weighted by Crippen LogP contribution is 2.20. The average Bonchev–Trinajstić information content (AvgIpc) is 2.39. The van der Waals surface area contributed by atoms with E-state index in [1.165, 1.54) is 19.3 Å². The maximum atomic E-state index is 5.89. The molecule has 18 heavy (non-hydrogen) atoms. The van der Waals surface area contributed by atoms with Gasteiger partial charge >= 0.3 is 0 Å². The summed E-state index contributed by atoms with van der Waals surface area (Å²) in [6.45, 7) is 4.10. The molecule has 0 saturated carbocycles. The highest BCUT2D eigenvalue weighted by atomic mass is 16.5. The second-order valence-electron chi connectivity index (χ2n) is 5.26. The van der Waals surface area contributed by atoms with Crippen LogP contribution in [-0.4, -0.2) is 43.3 Å². The Hall–Kier alpha value is -1.06. The van der Waals surface area contributed by atoms with Crippen LogP contribution in [0.3, 0.4) is 0 Å². The van der Waals surface area contributed by atoms with Gasteiger partial charge in [-0.1, -0.05) is 18.2 Å². The lowest BCUT2D eigenvalue weighted by molar-refractivity contribution is -0.0474. The maximum Gasteiger partial charge on any atom is 0.124 e. The molecule has 98 valence electrons. The molecule has 1 aromatic carbocycles. The normalized spacial score (nSPS) is 25.7. The Balaban J connectivity index is 1.38. The van der Waals surface area contributed by atoms with Gasteiger partial charge in [0, 0.05) is 26.2 Å². The first-order valence-corrected chi connectivity index (χ1v) is 6.96. The summed E-state index contributed by atoms with van der Waals surface area (Å²) in [5.41, 5.74) is 0. The highest BCUT2D eigenvalue weighted by Gasteiger charge is 2.30. The summed E-state index contributed by atoms with van der Waals surface area (Å²) in [6, 6.07) is 10.1. The first-order chi connectivity index (χ1) is 8.90. The van der Waals surface area contributed by atoms with Crippen molar-refractivity contribution >= 4 is 0 Å². The van der Waals surface area contributed by atoms with E-state index in [-0.39, 0.29) is 0 Å². The van der Waals surface area contributed by atoms with E-state index in [9.17, 15) is 0 Å². The summed E-state index contributed by atoms with van der Waals surface area (Å²) in [5.74, 6) is 0.982. The van der Waals surface area contributed by atoms with E-state index in [1.54, 1.807) is 0 Å². The van der Waals surface area contributed by atoms with E-state index in [0.717, 1.165) is 32.0 Å². The molecule has 2 heterocycles. The second-order valence-corrected chi connectivity index (χ2v) is 5.26. The molecule has 1 aromatic rings. The number of hydrogen-bond acceptors (Lipinski definition) is 3. The van der Waals surface area contributed by atoms with Crippen LogP contribution < -0.4 is 4.74 Å². The van der Waals surface area contributed by atoms with E-state index < -0.39 is 0 Å². The number of ether oxygens (including phenoxy) is 2. The highest BCUT2D eigenvalue weighted by molar-refractivity contribution is 5.21. The Bertz CT molecular complexity index is 356. The van der Waals surface area contributed by atoms with Crippen LogP contribution in [0.25, 0.3) is 0 Å². The van der Waals surface area contributed by atoms with Gasteiger partial charge in [-0.25, -0.2) is 0 Å². The van der Waals surface area contributed by atoms with Gasteiger partial charge in [-0.2, -0.15) is 0 Å². The van der Waals surface area contributed by atoms with Gasteiger partial charge in [0.1, 0.15) is 11.9 Å². The van der Waals surface area contributed by atoms with Gasteiger partial charge < -0.3 is 9.47 Å². The molecule has 0 spiro atoms. The monoisotopic (exact) mass is 247 g/mol. The fourth-order valence-corrected chi connectivity index (χ4v) is 2.68. The SMILES string of the molecule is c1ccc(OC2CN(C[C@@H]3CCCCO3)C2)cc1. The molecule has 2 aliphatic rings. The summed E-state index contributed by atoms with van der Waals surface area (Å²) in [4.78, 5) is 2.43. The van der Waals surface area contributed by atoms with Gasteiger partial charge in [-0.05, 0) is 31.4 Å². The largest absolute Gasteiger partial charge is 0.488 e. The van der Waals surface area contributed by atoms with Crippen LogP contribution in [0.1, 0.15) is 19.3 Å². The first-order valence-electron chi connectivity index (χ1n) is 6.96. The van der Waals surface area contributed by atoms with Crippen LogP contribution in [0.4, 0.5) is 0 Å². The number of likely N-dealkylation sites (tertiary alicyclic amines) is 1. The van der Waals surface area contributed by atoms with Gasteiger partial charge in [0.2, 0.25) is 0 Å². The van der Waals surface area contributed by atoms with Gasteiger partial charge in [-0.15, -0.1) is 0 Å². The molecule has 0 aromatic heterocycles. The quantitative estimate of drug-likeness (QED) is 0.815. The lowest BCUT2D eigenvalue weighted by atomic mass is 10.1. The minimum atomic E-state index is 0.357. The summed E-state index contributed by atoms with van der Waals surface area (Å²) >= 11 is 0. The van der Waals surface area contributed by atoms with E-state index >= 15 is 0 Å². The zero-order valence-corrected chi connectivity index (χ0v) is 10.8. The van der Waals surface area contributed by atoms with Crippen LogP contribution >= 0.6 is 0 Å². The van der Waals surface area contributed by atoms with E-state index in [4.69, 9.17) is 9.47 Å². The van der Waals surface area contributed by atoms with E-state index in [2.05, 4.69) is 4.90 Å². The fourth-order valence-electron chi connectivity index (χ4n) is 2.68. The zero-order chi connectivity index (χ0) is 12.2. The summed E-state index contributed by atoms with van der Waals surface area (Å²) < 4.78 is 11.6. The molecular formula is C15H21NO2. The van der Waals surface area contributed by atoms with Crippen LogP contribution in [0.2, 0.25) is 0 Å². The standard InChI is InChI=1S/C15H21NO2/c1-2-6-13(7-3-1)18-15-11-16(12-15)10-14-8-4-5-9-17-14/h1-3,6-7,14-15H,4-5,8-12H2/t14-/m0/s1. The van der Waals surface area contributed by atoms with Crippen molar-refractivity contribution in [1.82, 2.24) is 4.90 Å². The smallest absolute Gasteiger partial charge is 0.124 e. The van der Waals surface area contributed by atoms with Crippen LogP contribution in [0.15, 0.2) is 30.3 Å². The molecule has 3 nitrogen and oxygen atoms in total. The molecule has 0 N–H and O–H groups in total. The molecule has 0 aliphatic carbocycles. The third-order valence-corrected chi connectivity index (χ3v) is 3.71. The summed E-state index contributed by atoms with van der Waals surface area (Å²) in [5, 5.41) is 0. The Labute approximate surface area is 109 Å². The Morgan fingerprint density at radius 2 is 2.00 bits per heavy atom. The van der Waals surface area contributed by atoms with Gasteiger partial charge in [-0.3, -0.25) is 4.90 Å². The minimum absolute atomic E-state index is 0.357. The van der Waals surface area contributed by atoms with Crippen molar-refractivity contribution in [1.29, 1.82) is 0 Å². The van der Waals surface area contributed by atoms with Crippen molar-refractivity contribution in [2.24, 2.45) is 0 Å². The first kappa shape index (κ1) is 12.0. The zero-order valence-electron chi connectivity index (χ0n) is 10.8. The van der Waals surface area contributed by atoms with Crippen LogP contribution in [0, 0.1) is 0 Å². The molecule has 0 radical (unpaired) electrons. The van der Waals surface area contributed by atoms with Gasteiger partial charge in [0.05, 0.1) is 6.10 Å². The molecule has 3 rings (SSSR count). The predicted octanol–water partition coefficient (Wildman–Crippen LogP) is 2.32. The summed E-state index contributed by atoms with van der Waals surface area (Å²) in [6.07, 6.45) is 4.59. The van der Waals surface area contributed by atoms with Crippen molar-refractivity contribution in [3.63, 3.8) is 0 Å². The molecule has 1 atom stereocenters. The van der Waals surface area contributed by atoms with Crippen molar-refractivity contribution in [2.45, 2.75) is 31.5 Å². The molecule has 2 fully saturated rings. The second kappa shape index (κ2) is 5.72. The molecular weight excluding hydrogens is 226 g/mol. The number of hydrogen-bond donors (Lipinski definition) is 0. The fraction of sp³-hybridized carbons (Fsp3) is 0.600. The van der Waals surface area contributed by atoms with Crippen molar-refractivity contribution in [3.05, 3.63) is 30.3 Å². The van der Waals surface area contributed by atoms with Gasteiger partial charge in [0.25, 0.3) is 0 Å². The van der Waals surface area contributed by atoms with Gasteiger partial charge in [0.15, 0.2) is 0 Å². The number of benzene rings is 1. The van der Waals surface area contributed by atoms with Crippen molar-refractivity contribution in [3.8, 4) is 5.75 Å². The van der Waals surface area contributed by atoms with Crippen molar-refractivity contribution < 1.29 is 9.47 Å². The molecule has 0 unspecified atom stereocenters. The Morgan fingerprint density at radius 3 is 2.72 bits per heavy atom. The minimum Gasteiger partial charge on any atom is -0.488 e. The molecule has 3 heteroatoms. The van der Waals surface area contributed by atoms with Crippen LogP contribution in [0.5, 0.6) is 5.75 Å². The lowest BCUT2D eigenvalue weighted by Crippen LogP contribution is -2.56. The topological polar surface area (TPSA) is 21.7 Å². The maximum absolute atomic E-state index is 5.89. The molecule has 2 saturated heterocycles. The number of rotatable bonds is 4. The Morgan fingerprint density at radius 1 is 1.17 bits per heavy atom. The lowest BCUT2D eigenvalue weighted by Gasteiger charge is -2.41. The predicted molar refractivity (Wildman–Crippen MR) is 70.9 cm³/mol.